The van der Waals surface area contributed by atoms with Crippen molar-refractivity contribution in [3.63, 3.8) is 0 Å². The van der Waals surface area contributed by atoms with Crippen LogP contribution in [0.3, 0.4) is 0 Å². The van der Waals surface area contributed by atoms with Crippen LogP contribution < -0.4 is 0 Å². The first-order valence-electron chi connectivity index (χ1n) is 0.271. The van der Waals surface area contributed by atoms with Crippen molar-refractivity contribution in [2.75, 3.05) is 0 Å². The van der Waals surface area contributed by atoms with Gasteiger partial charge in [-0.3, -0.25) is 0 Å². The van der Waals surface area contributed by atoms with Gasteiger partial charge >= 0.3 is 22.8 Å². The van der Waals surface area contributed by atoms with Crippen LogP contribution in [-0.4, -0.2) is 26.2 Å². The second-order valence-electron chi connectivity index (χ2n) is 0.0577. The molecule has 0 saturated carbocycles. The predicted molar refractivity (Wildman–Crippen MR) is 22.4 cm³/mol. The maximum atomic E-state index is 8.42. The molecule has 0 aromatic carbocycles. The second-order valence-corrected chi connectivity index (χ2v) is 0.238. The van der Waals surface area contributed by atoms with Gasteiger partial charge in [0.1, 0.15) is 0 Å². The molecule has 8 N–H and O–H groups in total. The SMILES string of the molecule is C.O.O.O.[Ni].[OH-].[O]=[Ni][OH]. The Bertz CT molecular complexity index is 18.5. The molecule has 8 heteroatoms. The molecule has 0 radical (unpaired) electrons. The summed E-state index contributed by atoms with van der Waals surface area (Å²) >= 11 is -0.625. The van der Waals surface area contributed by atoms with Crippen molar-refractivity contribution < 1.29 is 61.2 Å². The molecule has 0 fully saturated rings. The number of rotatable bonds is 0. The monoisotopic (exact) mass is 236 g/mol. The number of hydrogen-bond donors (Lipinski definition) is 1. The first-order chi connectivity index (χ1) is 1.41. The van der Waals surface area contributed by atoms with E-state index in [2.05, 4.69) is 0 Å². The van der Waals surface area contributed by atoms with Crippen molar-refractivity contribution in [3.05, 3.63) is 0 Å². The normalized spacial score (nSPS) is 2.33. The summed E-state index contributed by atoms with van der Waals surface area (Å²) in [6.45, 7) is 0. The molecule has 0 aromatic heterocycles. The van der Waals surface area contributed by atoms with Crippen molar-refractivity contribution in [1.29, 1.82) is 0 Å². The van der Waals surface area contributed by atoms with E-state index in [0.29, 0.717) is 0 Å². The van der Waals surface area contributed by atoms with Gasteiger partial charge in [-0.1, -0.05) is 7.43 Å². The molecule has 0 spiro atoms. The van der Waals surface area contributed by atoms with E-state index in [9.17, 15) is 0 Å². The van der Waals surface area contributed by atoms with Gasteiger partial charge in [0, 0.05) is 16.5 Å². The zero-order valence-electron chi connectivity index (χ0n) is 3.44. The summed E-state index contributed by atoms with van der Waals surface area (Å²) < 4.78 is 15.4. The molecule has 0 rings (SSSR count). The van der Waals surface area contributed by atoms with Gasteiger partial charge in [-0.05, 0) is 0 Å². The Morgan fingerprint density at radius 2 is 1.11 bits per heavy atom. The molecule has 9 heavy (non-hydrogen) atoms. The van der Waals surface area contributed by atoms with Crippen LogP contribution in [0.15, 0.2) is 0 Å². The summed E-state index contributed by atoms with van der Waals surface area (Å²) in [7, 11) is 0. The summed E-state index contributed by atoms with van der Waals surface area (Å²) in [5.41, 5.74) is 0. The average molecular weight is 237 g/mol. The zero-order chi connectivity index (χ0) is 2.71. The van der Waals surface area contributed by atoms with Crippen LogP contribution in [0.2, 0.25) is 0 Å². The Labute approximate surface area is 69.1 Å². The Hall–Kier alpha value is 0.587. The van der Waals surface area contributed by atoms with Crippen molar-refractivity contribution in [3.8, 4) is 0 Å². The molecule has 0 aliphatic carbocycles. The fraction of sp³-hybridized carbons (Fsp3) is 1.00. The fourth-order valence-electron chi connectivity index (χ4n) is 0. The van der Waals surface area contributed by atoms with Crippen molar-refractivity contribution in [2.24, 2.45) is 0 Å². The predicted octanol–water partition coefficient (Wildman–Crippen LogP) is -2.70. The molecule has 0 aliphatic heterocycles. The molecule has 0 heterocycles. The Morgan fingerprint density at radius 1 is 1.11 bits per heavy atom. The second kappa shape index (κ2) is 196. The molecule has 0 amide bonds. The van der Waals surface area contributed by atoms with Gasteiger partial charge in [0.15, 0.2) is 0 Å². The van der Waals surface area contributed by atoms with E-state index >= 15 is 0 Å². The molecular weight excluding hydrogens is 225 g/mol. The van der Waals surface area contributed by atoms with Crippen molar-refractivity contribution in [2.45, 2.75) is 7.43 Å². The Kier molecular flexibility index (Phi) is 2300. The molecule has 0 aliphatic rings. The van der Waals surface area contributed by atoms with Gasteiger partial charge in [-0.2, -0.15) is 0 Å². The minimum absolute atomic E-state index is 0. The van der Waals surface area contributed by atoms with Crippen LogP contribution in [0.5, 0.6) is 0 Å². The van der Waals surface area contributed by atoms with Crippen LogP contribution in [-0.2, 0) is 35.1 Å². The van der Waals surface area contributed by atoms with Crippen LogP contribution >= 0.6 is 0 Å². The van der Waals surface area contributed by atoms with E-state index in [-0.39, 0.29) is 45.8 Å². The summed E-state index contributed by atoms with van der Waals surface area (Å²) in [6, 6.07) is 0. The van der Waals surface area contributed by atoms with Gasteiger partial charge in [-0.25, -0.2) is 0 Å². The van der Waals surface area contributed by atoms with E-state index in [1.165, 1.54) is 0 Å². The van der Waals surface area contributed by atoms with E-state index in [1.54, 1.807) is 0 Å². The van der Waals surface area contributed by atoms with Crippen molar-refractivity contribution >= 4 is 0 Å². The summed E-state index contributed by atoms with van der Waals surface area (Å²) in [5, 5.41) is 0. The van der Waals surface area contributed by atoms with Gasteiger partial charge in [0.25, 0.3) is 0 Å². The number of hydrogen-bond acceptors (Lipinski definition) is 2. The zero-order valence-corrected chi connectivity index (χ0v) is 5.41. The molecule has 6 nitrogen and oxygen atoms in total. The van der Waals surface area contributed by atoms with E-state index in [1.807, 2.05) is 0 Å². The fourth-order valence-corrected chi connectivity index (χ4v) is 0. The summed E-state index contributed by atoms with van der Waals surface area (Å²) in [6.07, 6.45) is 0. The Balaban J connectivity index is -0.00000000133. The molecule has 0 atom stereocenters. The van der Waals surface area contributed by atoms with E-state index in [0.717, 1.165) is 0 Å². The van der Waals surface area contributed by atoms with Crippen LogP contribution in [0, 0.1) is 0 Å². The van der Waals surface area contributed by atoms with E-state index < -0.39 is 14.7 Å². The van der Waals surface area contributed by atoms with Gasteiger partial charge < -0.3 is 21.9 Å². The Morgan fingerprint density at radius 3 is 1.11 bits per heavy atom. The molecule has 0 aromatic rings. The first kappa shape index (κ1) is 106. The van der Waals surface area contributed by atoms with Gasteiger partial charge in [0.05, 0.1) is 0 Å². The standard InChI is InChI=1S/CH4.2Ni.5H2O.O/h1H4;;;5*1H2;/q;;+1;;;;;;/p-2. The molecule has 0 saturated heterocycles. The average Bonchev–Trinajstić information content (AvgIpc) is 0.918. The topological polar surface area (TPSA) is 162 Å². The molecule has 0 bridgehead atoms. The maximum absolute atomic E-state index is 8.42. The van der Waals surface area contributed by atoms with Crippen LogP contribution in [0.1, 0.15) is 7.43 Å². The third-order valence-corrected chi connectivity index (χ3v) is 0. The van der Waals surface area contributed by atoms with E-state index in [4.69, 9.17) is 8.15 Å². The van der Waals surface area contributed by atoms with Crippen LogP contribution in [0.4, 0.5) is 0 Å². The summed E-state index contributed by atoms with van der Waals surface area (Å²) in [4.78, 5) is 0. The van der Waals surface area contributed by atoms with Crippen molar-refractivity contribution in [1.82, 2.24) is 0 Å². The van der Waals surface area contributed by atoms with Gasteiger partial charge in [-0.15, -0.1) is 0 Å². The third kappa shape index (κ3) is 1080. The quantitative estimate of drug-likeness (QED) is 0.454. The third-order valence-electron chi connectivity index (χ3n) is 0. The molecule has 0 unspecified atom stereocenters. The first-order valence-corrected chi connectivity index (χ1v) is 1.12. The molecular formula is CH12Ni2O6-. The molecule has 73 valence electrons. The minimum atomic E-state index is -0.625. The van der Waals surface area contributed by atoms with Gasteiger partial charge in [0.2, 0.25) is 0 Å². The summed E-state index contributed by atoms with van der Waals surface area (Å²) in [5.74, 6) is 0. The van der Waals surface area contributed by atoms with Crippen LogP contribution in [0.25, 0.3) is 0 Å².